The summed E-state index contributed by atoms with van der Waals surface area (Å²) in [6.07, 6.45) is 0.623. The Balaban J connectivity index is 1.63. The number of alkyl halides is 3. The monoisotopic (exact) mass is 424 g/mol. The number of rotatable bonds is 5. The Hall–Kier alpha value is -2.88. The van der Waals surface area contributed by atoms with E-state index in [9.17, 15) is 18.0 Å². The molecule has 3 aromatic heterocycles. The number of halogens is 4. The van der Waals surface area contributed by atoms with Crippen LogP contribution < -0.4 is 10.2 Å². The highest BCUT2D eigenvalue weighted by molar-refractivity contribution is 6.31. The maximum atomic E-state index is 13.3. The summed E-state index contributed by atoms with van der Waals surface area (Å²) in [6.45, 7) is 2.00. The van der Waals surface area contributed by atoms with E-state index in [-0.39, 0.29) is 0 Å². The first-order valence-corrected chi connectivity index (χ1v) is 9.13. The number of fused-ring (bicyclic) bond motifs is 1. The number of H-pyrrole nitrogens is 1. The van der Waals surface area contributed by atoms with E-state index in [1.165, 1.54) is 12.4 Å². The maximum absolute atomic E-state index is 13.3. The van der Waals surface area contributed by atoms with Crippen LogP contribution in [0.4, 0.5) is 19.0 Å². The summed E-state index contributed by atoms with van der Waals surface area (Å²) in [4.78, 5) is 30.0. The number of amides is 1. The molecule has 2 N–H and O–H groups in total. The van der Waals surface area contributed by atoms with Crippen molar-refractivity contribution in [3.8, 4) is 11.3 Å². The molecule has 29 heavy (non-hydrogen) atoms. The van der Waals surface area contributed by atoms with E-state index in [0.29, 0.717) is 35.1 Å². The van der Waals surface area contributed by atoms with Gasteiger partial charge in [0.05, 0.1) is 23.1 Å². The second kappa shape index (κ2) is 7.18. The number of pyridine rings is 1. The lowest BCUT2D eigenvalue weighted by Gasteiger charge is -2.49. The van der Waals surface area contributed by atoms with Crippen molar-refractivity contribution >= 4 is 34.4 Å². The molecular weight excluding hydrogens is 409 g/mol. The quantitative estimate of drug-likeness (QED) is 0.613. The Morgan fingerprint density at radius 3 is 2.83 bits per heavy atom. The molecule has 1 saturated heterocycles. The Bertz CT molecular complexity index is 1080. The first-order chi connectivity index (χ1) is 13.8. The molecule has 2 atom stereocenters. The number of anilines is 1. The van der Waals surface area contributed by atoms with Gasteiger partial charge in [-0.05, 0) is 19.4 Å². The fraction of sp³-hybridized carbons (Fsp3) is 0.333. The van der Waals surface area contributed by atoms with Crippen molar-refractivity contribution in [2.45, 2.75) is 31.6 Å². The predicted molar refractivity (Wildman–Crippen MR) is 102 cm³/mol. The predicted octanol–water partition coefficient (Wildman–Crippen LogP) is 3.32. The zero-order valence-corrected chi connectivity index (χ0v) is 15.9. The van der Waals surface area contributed by atoms with Crippen LogP contribution in [0.15, 0.2) is 30.9 Å². The number of hydrogen-bond acceptors (Lipinski definition) is 5. The lowest BCUT2D eigenvalue weighted by molar-refractivity contribution is -0.132. The van der Waals surface area contributed by atoms with Crippen LogP contribution in [-0.2, 0) is 4.79 Å². The van der Waals surface area contributed by atoms with Crippen molar-refractivity contribution in [3.63, 3.8) is 0 Å². The van der Waals surface area contributed by atoms with Crippen LogP contribution in [0.2, 0.25) is 5.02 Å². The molecule has 0 radical (unpaired) electrons. The van der Waals surface area contributed by atoms with Gasteiger partial charge >= 0.3 is 0 Å². The normalized spacial score (nSPS) is 20.0. The number of aromatic nitrogens is 4. The fourth-order valence-corrected chi connectivity index (χ4v) is 3.47. The third-order valence-electron chi connectivity index (χ3n) is 5.07. The molecule has 4 heterocycles. The van der Waals surface area contributed by atoms with E-state index in [2.05, 4.69) is 19.9 Å². The van der Waals surface area contributed by atoms with Crippen molar-refractivity contribution < 1.29 is 18.0 Å². The summed E-state index contributed by atoms with van der Waals surface area (Å²) >= 11 is 6.04. The summed E-state index contributed by atoms with van der Waals surface area (Å²) in [5.74, 6) is -0.449. The number of aromatic amines is 1. The SMILES string of the molecule is C[C@]1(C(=O)NC(F)C(F)F)CCN1c1cncc(-c2c[nH]c3ncc(Cl)cc23)n1. The van der Waals surface area contributed by atoms with E-state index in [4.69, 9.17) is 11.6 Å². The van der Waals surface area contributed by atoms with Gasteiger partial charge in [0, 0.05) is 29.9 Å². The minimum atomic E-state index is -3.29. The summed E-state index contributed by atoms with van der Waals surface area (Å²) in [6, 6.07) is 1.75. The molecule has 1 amide bonds. The minimum absolute atomic E-state index is 0.368. The molecule has 3 aromatic rings. The zero-order chi connectivity index (χ0) is 20.8. The van der Waals surface area contributed by atoms with Crippen molar-refractivity contribution in [2.75, 3.05) is 11.4 Å². The number of hydrogen-bond donors (Lipinski definition) is 2. The largest absolute Gasteiger partial charge is 0.345 e. The van der Waals surface area contributed by atoms with Crippen molar-refractivity contribution in [1.82, 2.24) is 25.3 Å². The molecule has 4 rings (SSSR count). The van der Waals surface area contributed by atoms with Gasteiger partial charge in [0.1, 0.15) is 17.0 Å². The molecular formula is C18H16ClF3N6O. The van der Waals surface area contributed by atoms with Gasteiger partial charge in [0.2, 0.25) is 12.2 Å². The number of nitrogens with one attached hydrogen (secondary N) is 2. The van der Waals surface area contributed by atoms with Gasteiger partial charge in [-0.1, -0.05) is 11.6 Å². The number of carbonyl (C=O) groups excluding carboxylic acids is 1. The molecule has 0 spiro atoms. The third kappa shape index (κ3) is 3.37. The molecule has 11 heteroatoms. The van der Waals surface area contributed by atoms with Crippen LogP contribution in [0.25, 0.3) is 22.3 Å². The molecule has 7 nitrogen and oxygen atoms in total. The van der Waals surface area contributed by atoms with Crippen LogP contribution >= 0.6 is 11.6 Å². The van der Waals surface area contributed by atoms with Gasteiger partial charge in [0.25, 0.3) is 6.43 Å². The Morgan fingerprint density at radius 1 is 1.34 bits per heavy atom. The van der Waals surface area contributed by atoms with Gasteiger partial charge in [-0.25, -0.2) is 23.1 Å². The zero-order valence-electron chi connectivity index (χ0n) is 15.2. The van der Waals surface area contributed by atoms with Crippen molar-refractivity contribution in [1.29, 1.82) is 0 Å². The minimum Gasteiger partial charge on any atom is -0.345 e. The molecule has 152 valence electrons. The average molecular weight is 425 g/mol. The Labute approximate surface area is 168 Å². The highest BCUT2D eigenvalue weighted by atomic mass is 35.5. The summed E-state index contributed by atoms with van der Waals surface area (Å²) in [7, 11) is 0. The van der Waals surface area contributed by atoms with Crippen LogP contribution in [-0.4, -0.2) is 50.6 Å². The molecule has 1 fully saturated rings. The van der Waals surface area contributed by atoms with E-state index < -0.39 is 24.2 Å². The second-order valence-corrected chi connectivity index (χ2v) is 7.34. The number of nitrogens with zero attached hydrogens (tertiary/aromatic N) is 4. The molecule has 1 unspecified atom stereocenters. The Kier molecular flexibility index (Phi) is 4.81. The summed E-state index contributed by atoms with van der Waals surface area (Å²) in [5.41, 5.74) is 0.671. The van der Waals surface area contributed by atoms with Crippen LogP contribution in [0.3, 0.4) is 0 Å². The van der Waals surface area contributed by atoms with Crippen molar-refractivity contribution in [2.24, 2.45) is 0 Å². The van der Waals surface area contributed by atoms with Gasteiger partial charge < -0.3 is 15.2 Å². The highest BCUT2D eigenvalue weighted by Crippen LogP contribution is 2.36. The standard InChI is InChI=1S/C18H16ClF3N6O/c1-18(17(29)27-15(22)14(20)21)2-3-28(18)13-8-23-7-12(26-13)11-6-25-16-10(11)4-9(19)5-24-16/h4-8,14-15H,2-3H2,1H3,(H,24,25)(H,27,29)/t15?,18-/m1/s1. The second-order valence-electron chi connectivity index (χ2n) is 6.90. The average Bonchev–Trinajstić information content (AvgIpc) is 3.09. The van der Waals surface area contributed by atoms with Crippen molar-refractivity contribution in [3.05, 3.63) is 35.9 Å². The summed E-state index contributed by atoms with van der Waals surface area (Å²) < 4.78 is 38.2. The Morgan fingerprint density at radius 2 is 2.14 bits per heavy atom. The lowest BCUT2D eigenvalue weighted by atomic mass is 9.85. The molecule has 1 aliphatic rings. The van der Waals surface area contributed by atoms with Gasteiger partial charge in [-0.3, -0.25) is 9.78 Å². The summed E-state index contributed by atoms with van der Waals surface area (Å²) in [5, 5.41) is 2.94. The first kappa shape index (κ1) is 19.4. The molecule has 0 aliphatic carbocycles. The van der Waals surface area contributed by atoms with Gasteiger partial charge in [-0.2, -0.15) is 0 Å². The molecule has 0 saturated carbocycles. The van der Waals surface area contributed by atoms with Gasteiger partial charge in [-0.15, -0.1) is 0 Å². The van der Waals surface area contributed by atoms with Gasteiger partial charge in [0.15, 0.2) is 0 Å². The molecule has 0 bridgehead atoms. The van der Waals surface area contributed by atoms with E-state index >= 15 is 0 Å². The fourth-order valence-electron chi connectivity index (χ4n) is 3.31. The first-order valence-electron chi connectivity index (χ1n) is 8.75. The van der Waals surface area contributed by atoms with E-state index in [0.717, 1.165) is 10.9 Å². The molecule has 0 aromatic carbocycles. The van der Waals surface area contributed by atoms with E-state index in [1.54, 1.807) is 35.6 Å². The van der Waals surface area contributed by atoms with Crippen LogP contribution in [0.1, 0.15) is 13.3 Å². The molecule has 1 aliphatic heterocycles. The lowest BCUT2D eigenvalue weighted by Crippen LogP contribution is -2.67. The third-order valence-corrected chi connectivity index (χ3v) is 5.28. The topological polar surface area (TPSA) is 86.8 Å². The smallest absolute Gasteiger partial charge is 0.287 e. The van der Waals surface area contributed by atoms with Crippen LogP contribution in [0.5, 0.6) is 0 Å². The maximum Gasteiger partial charge on any atom is 0.287 e. The highest BCUT2D eigenvalue weighted by Gasteiger charge is 2.48. The number of carbonyl (C=O) groups is 1. The van der Waals surface area contributed by atoms with E-state index in [1.807, 2.05) is 0 Å². The van der Waals surface area contributed by atoms with Crippen LogP contribution in [0, 0.1) is 0 Å².